The first kappa shape index (κ1) is 33.3. The molecule has 0 saturated heterocycles. The van der Waals surface area contributed by atoms with Gasteiger partial charge in [0.2, 0.25) is 5.91 Å². The molecule has 0 bridgehead atoms. The summed E-state index contributed by atoms with van der Waals surface area (Å²) in [4.78, 5) is 45.2. The van der Waals surface area contributed by atoms with Crippen molar-refractivity contribution in [1.29, 1.82) is 0 Å². The number of amides is 2. The van der Waals surface area contributed by atoms with E-state index >= 15 is 0 Å². The summed E-state index contributed by atoms with van der Waals surface area (Å²) in [6.07, 6.45) is -13.3. The lowest BCUT2D eigenvalue weighted by Gasteiger charge is -2.26. The van der Waals surface area contributed by atoms with Gasteiger partial charge in [0.05, 0.1) is 17.3 Å². The average Bonchev–Trinajstić information content (AvgIpc) is 2.99. The Morgan fingerprint density at radius 3 is 2.19 bits per heavy atom. The second kappa shape index (κ2) is 13.0. The molecule has 2 amide bonds. The predicted molar refractivity (Wildman–Crippen MR) is 147 cm³/mol. The lowest BCUT2D eigenvalue weighted by Crippen LogP contribution is -2.44. The van der Waals surface area contributed by atoms with Gasteiger partial charge in [-0.25, -0.2) is 0 Å². The van der Waals surface area contributed by atoms with Crippen molar-refractivity contribution in [2.75, 3.05) is 18.5 Å². The average molecular weight is 612 g/mol. The van der Waals surface area contributed by atoms with Gasteiger partial charge in [0.1, 0.15) is 11.6 Å². The minimum atomic E-state index is -5.16. The number of nitrogens with one attached hydrogen (secondary N) is 1. The monoisotopic (exact) mass is 611 g/mol. The first-order valence-corrected chi connectivity index (χ1v) is 13.2. The quantitative estimate of drug-likeness (QED) is 0.233. The first-order valence-electron chi connectivity index (χ1n) is 13.2. The van der Waals surface area contributed by atoms with Crippen molar-refractivity contribution >= 4 is 29.2 Å². The van der Waals surface area contributed by atoms with Crippen LogP contribution in [0.2, 0.25) is 0 Å². The highest BCUT2D eigenvalue weighted by Crippen LogP contribution is 2.32. The summed E-state index contributed by atoms with van der Waals surface area (Å²) in [5, 5.41) is 2.20. The number of halogens is 6. The molecule has 0 saturated carbocycles. The smallest absolute Gasteiger partial charge is 0.410 e. The molecule has 1 aliphatic rings. The number of rotatable bonds is 8. The molecule has 1 aliphatic heterocycles. The Morgan fingerprint density at radius 1 is 1.00 bits per heavy atom. The van der Waals surface area contributed by atoms with Gasteiger partial charge in [0, 0.05) is 42.8 Å². The SMILES string of the molecule is CN1C(=O)[C@@H](CNC(=O)/C(=C\C(F)(F)F)[C@H](CCC(F)(F)F)C(=O)OC(C)(C)C)N=C(c2ccccc2)c2ccccc21. The lowest BCUT2D eigenvalue weighted by atomic mass is 9.92. The van der Waals surface area contributed by atoms with E-state index in [2.05, 4.69) is 10.3 Å². The molecule has 3 rings (SSSR count). The molecule has 0 aromatic heterocycles. The van der Waals surface area contributed by atoms with Crippen LogP contribution in [-0.4, -0.2) is 61.1 Å². The molecule has 0 radical (unpaired) electrons. The van der Waals surface area contributed by atoms with E-state index < -0.39 is 78.7 Å². The molecule has 43 heavy (non-hydrogen) atoms. The molecule has 0 spiro atoms. The van der Waals surface area contributed by atoms with Crippen LogP contribution >= 0.6 is 0 Å². The van der Waals surface area contributed by atoms with E-state index in [0.717, 1.165) is 0 Å². The van der Waals surface area contributed by atoms with Gasteiger partial charge in [-0.05, 0) is 33.3 Å². The van der Waals surface area contributed by atoms with Crippen molar-refractivity contribution in [3.8, 4) is 0 Å². The largest absolute Gasteiger partial charge is 0.459 e. The lowest BCUT2D eigenvalue weighted by molar-refractivity contribution is -0.162. The number of nitrogens with zero attached hydrogens (tertiary/aromatic N) is 2. The third kappa shape index (κ3) is 9.42. The van der Waals surface area contributed by atoms with E-state index in [0.29, 0.717) is 22.5 Å². The minimum absolute atomic E-state index is 0.385. The third-order valence-corrected chi connectivity index (χ3v) is 6.29. The molecule has 13 heteroatoms. The molecule has 232 valence electrons. The van der Waals surface area contributed by atoms with Crippen molar-refractivity contribution in [2.45, 2.75) is 57.6 Å². The maximum atomic E-state index is 13.5. The summed E-state index contributed by atoms with van der Waals surface area (Å²) in [5.41, 5.74) is -0.425. The zero-order valence-electron chi connectivity index (χ0n) is 23.8. The topological polar surface area (TPSA) is 88.1 Å². The first-order chi connectivity index (χ1) is 19.9. The highest BCUT2D eigenvalue weighted by molar-refractivity contribution is 6.20. The zero-order chi connectivity index (χ0) is 32.2. The number of esters is 1. The van der Waals surface area contributed by atoms with Gasteiger partial charge in [-0.1, -0.05) is 48.5 Å². The van der Waals surface area contributed by atoms with Gasteiger partial charge in [-0.3, -0.25) is 19.4 Å². The Kier molecular flexibility index (Phi) is 10.1. The van der Waals surface area contributed by atoms with Crippen LogP contribution in [0, 0.1) is 5.92 Å². The number of carbonyl (C=O) groups excluding carboxylic acids is 3. The molecule has 7 nitrogen and oxygen atoms in total. The summed E-state index contributed by atoms with van der Waals surface area (Å²) in [6, 6.07) is 14.3. The number of likely N-dealkylation sites (N-methyl/N-ethyl adjacent to an activating group) is 1. The van der Waals surface area contributed by atoms with Crippen LogP contribution in [0.5, 0.6) is 0 Å². The van der Waals surface area contributed by atoms with E-state index in [1.165, 1.54) is 32.7 Å². The van der Waals surface area contributed by atoms with Gasteiger partial charge in [-0.2, -0.15) is 26.3 Å². The molecule has 2 aromatic rings. The van der Waals surface area contributed by atoms with E-state index in [9.17, 15) is 40.7 Å². The third-order valence-electron chi connectivity index (χ3n) is 6.29. The summed E-state index contributed by atoms with van der Waals surface area (Å²) in [7, 11) is 1.48. The molecule has 1 heterocycles. The van der Waals surface area contributed by atoms with Crippen LogP contribution in [0.4, 0.5) is 32.0 Å². The van der Waals surface area contributed by atoms with E-state index in [-0.39, 0.29) is 0 Å². The summed E-state index contributed by atoms with van der Waals surface area (Å²) in [6.45, 7) is 3.54. The second-order valence-electron chi connectivity index (χ2n) is 10.9. The van der Waals surface area contributed by atoms with Gasteiger partial charge in [-0.15, -0.1) is 0 Å². The molecule has 2 aromatic carbocycles. The highest BCUT2D eigenvalue weighted by atomic mass is 19.4. The number of para-hydroxylation sites is 1. The normalized spacial score (nSPS) is 17.0. The maximum Gasteiger partial charge on any atom is 0.410 e. The Balaban J connectivity index is 1.99. The van der Waals surface area contributed by atoms with Crippen molar-refractivity contribution in [1.82, 2.24) is 5.32 Å². The van der Waals surface area contributed by atoms with Crippen molar-refractivity contribution in [2.24, 2.45) is 10.9 Å². The fourth-order valence-corrected chi connectivity index (χ4v) is 4.42. The Labute approximate surface area is 244 Å². The number of carbonyl (C=O) groups is 3. The van der Waals surface area contributed by atoms with E-state index in [1.54, 1.807) is 54.6 Å². The minimum Gasteiger partial charge on any atom is -0.459 e. The zero-order valence-corrected chi connectivity index (χ0v) is 23.8. The Bertz CT molecular complexity index is 1400. The second-order valence-corrected chi connectivity index (χ2v) is 10.9. The number of benzene rings is 2. The number of anilines is 1. The number of benzodiazepines with no additional fused rings is 1. The number of hydrogen-bond donors (Lipinski definition) is 1. The molecular weight excluding hydrogens is 580 g/mol. The van der Waals surface area contributed by atoms with Crippen LogP contribution in [0.1, 0.15) is 44.7 Å². The van der Waals surface area contributed by atoms with Gasteiger partial charge in [0.15, 0.2) is 0 Å². The van der Waals surface area contributed by atoms with Crippen LogP contribution < -0.4 is 10.2 Å². The van der Waals surface area contributed by atoms with E-state index in [1.807, 2.05) is 0 Å². The number of hydrogen-bond acceptors (Lipinski definition) is 5. The van der Waals surface area contributed by atoms with Crippen molar-refractivity contribution < 1.29 is 45.5 Å². The molecule has 0 fully saturated rings. The summed E-state index contributed by atoms with van der Waals surface area (Å²) in [5.74, 6) is -5.69. The summed E-state index contributed by atoms with van der Waals surface area (Å²) >= 11 is 0. The van der Waals surface area contributed by atoms with Gasteiger partial charge in [0.25, 0.3) is 5.91 Å². The Morgan fingerprint density at radius 2 is 1.60 bits per heavy atom. The standard InChI is InChI=1S/C30H31F6N3O4/c1-28(2,3)43-27(42)19(14-15-29(31,32)33)21(16-30(34,35)36)25(40)37-17-22-26(41)39(4)23-13-9-8-12-20(23)24(38-22)18-10-6-5-7-11-18/h5-13,16,19,22H,14-15,17H2,1-4H3,(H,37,40)/b21-16-/t19-,22+/m0/s1. The fourth-order valence-electron chi connectivity index (χ4n) is 4.42. The van der Waals surface area contributed by atoms with E-state index in [4.69, 9.17) is 4.74 Å². The molecule has 2 atom stereocenters. The number of aliphatic imine (C=N–C) groups is 1. The molecule has 0 unspecified atom stereocenters. The number of fused-ring (bicyclic) bond motifs is 1. The molecule has 0 aliphatic carbocycles. The molecule has 1 N–H and O–H groups in total. The van der Waals surface area contributed by atoms with Gasteiger partial charge < -0.3 is 15.0 Å². The van der Waals surface area contributed by atoms with Crippen LogP contribution in [-0.2, 0) is 19.1 Å². The number of allylic oxidation sites excluding steroid dienone is 1. The fraction of sp³-hybridized carbons (Fsp3) is 0.400. The van der Waals surface area contributed by atoms with Crippen LogP contribution in [0.3, 0.4) is 0 Å². The van der Waals surface area contributed by atoms with Crippen LogP contribution in [0.25, 0.3) is 0 Å². The van der Waals surface area contributed by atoms with Crippen LogP contribution in [0.15, 0.2) is 71.2 Å². The van der Waals surface area contributed by atoms with Crippen molar-refractivity contribution in [3.05, 3.63) is 77.4 Å². The summed E-state index contributed by atoms with van der Waals surface area (Å²) < 4.78 is 84.9. The Hall–Kier alpha value is -4.16. The van der Waals surface area contributed by atoms with Gasteiger partial charge >= 0.3 is 18.3 Å². The predicted octanol–water partition coefficient (Wildman–Crippen LogP) is 5.77. The molecular formula is C30H31F6N3O4. The van der Waals surface area contributed by atoms with Crippen molar-refractivity contribution in [3.63, 3.8) is 0 Å². The number of ether oxygens (including phenoxy) is 1. The highest BCUT2D eigenvalue weighted by Gasteiger charge is 2.40. The number of alkyl halides is 6. The maximum absolute atomic E-state index is 13.5.